The second-order valence-corrected chi connectivity index (χ2v) is 10.3. The molecule has 1 aromatic heterocycles. The molecule has 2 amide bonds. The van der Waals surface area contributed by atoms with E-state index >= 15 is 0 Å². The summed E-state index contributed by atoms with van der Waals surface area (Å²) in [5.74, 6) is 2.43. The van der Waals surface area contributed by atoms with Crippen LogP contribution in [0.15, 0.2) is 79.0 Å². The Morgan fingerprint density at radius 1 is 0.907 bits per heavy atom. The predicted molar refractivity (Wildman–Crippen MR) is 156 cm³/mol. The van der Waals surface area contributed by atoms with Crippen LogP contribution in [0.2, 0.25) is 0 Å². The smallest absolute Gasteiger partial charge is 0.416 e. The van der Waals surface area contributed by atoms with Crippen molar-refractivity contribution in [1.29, 1.82) is 0 Å². The highest BCUT2D eigenvalue weighted by atomic mass is 19.4. The molecule has 0 bridgehead atoms. The van der Waals surface area contributed by atoms with Crippen molar-refractivity contribution in [3.63, 3.8) is 0 Å². The minimum Gasteiger partial charge on any atom is -0.454 e. The molecule has 1 saturated heterocycles. The van der Waals surface area contributed by atoms with Crippen LogP contribution in [-0.4, -0.2) is 35.8 Å². The average Bonchev–Trinajstić information content (AvgIpc) is 3.47. The third-order valence-corrected chi connectivity index (χ3v) is 7.27. The van der Waals surface area contributed by atoms with Gasteiger partial charge in [-0.05, 0) is 84.1 Å². The molecule has 0 unspecified atom stereocenters. The number of aryl methyl sites for hydroxylation is 1. The molecule has 0 spiro atoms. The number of ether oxygens (including phenoxy) is 3. The lowest BCUT2D eigenvalue weighted by Gasteiger charge is -2.36. The second kappa shape index (κ2) is 11.7. The Balaban J connectivity index is 1.08. The molecule has 7 nitrogen and oxygen atoms in total. The molecule has 1 fully saturated rings. The van der Waals surface area contributed by atoms with Gasteiger partial charge in [0.05, 0.1) is 5.56 Å². The first-order valence-electron chi connectivity index (χ1n) is 13.8. The SMILES string of the molecule is Cc1cc(N2CCCN(Cc3ccc4c(c3)OCO4)C2=O)ccc1Oc1ccc(/C=C/c2ccc(C(F)(F)F)cc2)cn1. The fourth-order valence-corrected chi connectivity index (χ4v) is 4.98. The first-order valence-corrected chi connectivity index (χ1v) is 13.8. The Hall–Kier alpha value is -4.99. The summed E-state index contributed by atoms with van der Waals surface area (Å²) in [7, 11) is 0. The number of fused-ring (bicyclic) bond motifs is 1. The number of urea groups is 1. The van der Waals surface area contributed by atoms with Crippen LogP contribution < -0.4 is 19.1 Å². The van der Waals surface area contributed by atoms with Crippen molar-refractivity contribution in [2.24, 2.45) is 0 Å². The molecule has 6 rings (SSSR count). The van der Waals surface area contributed by atoms with Gasteiger partial charge in [0.15, 0.2) is 11.5 Å². The summed E-state index contributed by atoms with van der Waals surface area (Å²) in [5.41, 5.74) is 3.36. The van der Waals surface area contributed by atoms with Crippen molar-refractivity contribution in [1.82, 2.24) is 9.88 Å². The number of hydrogen-bond donors (Lipinski definition) is 0. The maximum atomic E-state index is 13.4. The zero-order valence-corrected chi connectivity index (χ0v) is 23.3. The first-order chi connectivity index (χ1) is 20.7. The van der Waals surface area contributed by atoms with Gasteiger partial charge >= 0.3 is 12.2 Å². The summed E-state index contributed by atoms with van der Waals surface area (Å²) < 4.78 is 55.1. The molecule has 220 valence electrons. The van der Waals surface area contributed by atoms with E-state index in [-0.39, 0.29) is 12.8 Å². The van der Waals surface area contributed by atoms with Crippen molar-refractivity contribution < 1.29 is 32.2 Å². The molecule has 0 aliphatic carbocycles. The van der Waals surface area contributed by atoms with Crippen LogP contribution in [0, 0.1) is 6.92 Å². The Labute approximate surface area is 246 Å². The number of aromatic nitrogens is 1. The quantitative estimate of drug-likeness (QED) is 0.220. The molecule has 43 heavy (non-hydrogen) atoms. The van der Waals surface area contributed by atoms with E-state index in [0.717, 1.165) is 40.9 Å². The van der Waals surface area contributed by atoms with E-state index in [1.54, 1.807) is 29.3 Å². The zero-order chi connectivity index (χ0) is 30.0. The number of benzene rings is 3. The number of carbonyl (C=O) groups excluding carboxylic acids is 1. The van der Waals surface area contributed by atoms with Gasteiger partial charge in [-0.3, -0.25) is 4.90 Å². The number of anilines is 1. The molecule has 0 saturated carbocycles. The van der Waals surface area contributed by atoms with E-state index in [2.05, 4.69) is 4.98 Å². The highest BCUT2D eigenvalue weighted by Gasteiger charge is 2.30. The van der Waals surface area contributed by atoms with Crippen LogP contribution in [-0.2, 0) is 12.7 Å². The number of halogens is 3. The summed E-state index contributed by atoms with van der Waals surface area (Å²) in [4.78, 5) is 21.4. The summed E-state index contributed by atoms with van der Waals surface area (Å²) in [6, 6.07) is 19.8. The van der Waals surface area contributed by atoms with Crippen LogP contribution >= 0.6 is 0 Å². The summed E-state index contributed by atoms with van der Waals surface area (Å²) in [6.07, 6.45) is 1.60. The fourth-order valence-electron chi connectivity index (χ4n) is 4.98. The van der Waals surface area contributed by atoms with E-state index in [4.69, 9.17) is 14.2 Å². The molecule has 10 heteroatoms. The third-order valence-electron chi connectivity index (χ3n) is 7.27. The van der Waals surface area contributed by atoms with Crippen LogP contribution in [0.1, 0.15) is 34.2 Å². The van der Waals surface area contributed by atoms with E-state index in [0.29, 0.717) is 48.3 Å². The van der Waals surface area contributed by atoms with Gasteiger partial charge in [0, 0.05) is 37.6 Å². The molecule has 3 heterocycles. The van der Waals surface area contributed by atoms with Gasteiger partial charge < -0.3 is 19.1 Å². The Morgan fingerprint density at radius 2 is 1.67 bits per heavy atom. The van der Waals surface area contributed by atoms with E-state index in [9.17, 15) is 18.0 Å². The maximum absolute atomic E-state index is 13.4. The van der Waals surface area contributed by atoms with Gasteiger partial charge in [-0.15, -0.1) is 0 Å². The third kappa shape index (κ3) is 6.43. The molecule has 2 aliphatic rings. The number of carbonyl (C=O) groups is 1. The van der Waals surface area contributed by atoms with Crippen LogP contribution in [0.5, 0.6) is 23.1 Å². The van der Waals surface area contributed by atoms with Gasteiger partial charge in [0.1, 0.15) is 5.75 Å². The Bertz CT molecular complexity index is 1650. The first kappa shape index (κ1) is 28.1. The molecule has 0 radical (unpaired) electrons. The largest absolute Gasteiger partial charge is 0.454 e. The van der Waals surface area contributed by atoms with Gasteiger partial charge in [0.25, 0.3) is 0 Å². The Morgan fingerprint density at radius 3 is 2.42 bits per heavy atom. The average molecular weight is 588 g/mol. The van der Waals surface area contributed by atoms with Crippen LogP contribution in [0.4, 0.5) is 23.7 Å². The highest BCUT2D eigenvalue weighted by Crippen LogP contribution is 2.34. The number of amides is 2. The lowest BCUT2D eigenvalue weighted by atomic mass is 10.1. The minimum atomic E-state index is -4.36. The zero-order valence-electron chi connectivity index (χ0n) is 23.3. The van der Waals surface area contributed by atoms with Crippen molar-refractivity contribution in [3.05, 3.63) is 107 Å². The number of alkyl halides is 3. The number of rotatable bonds is 7. The minimum absolute atomic E-state index is 0.0569. The monoisotopic (exact) mass is 587 g/mol. The van der Waals surface area contributed by atoms with E-state index < -0.39 is 11.7 Å². The van der Waals surface area contributed by atoms with Gasteiger partial charge in [-0.2, -0.15) is 13.2 Å². The Kier molecular flexibility index (Phi) is 7.67. The molecule has 3 aromatic carbocycles. The summed E-state index contributed by atoms with van der Waals surface area (Å²) in [5, 5.41) is 0. The second-order valence-electron chi connectivity index (χ2n) is 10.3. The molecule has 0 atom stereocenters. The molecular formula is C33H28F3N3O4. The van der Waals surface area contributed by atoms with Crippen molar-refractivity contribution in [2.75, 3.05) is 24.8 Å². The standard InChI is InChI=1S/C33H28F3N3O4/c1-22-17-27(39-16-2-15-38(32(39)40)20-25-7-12-29-30(18-25)42-21-41-29)11-13-28(22)43-31-14-8-24(19-37-31)4-3-23-5-9-26(10-6-23)33(34,35)36/h3-14,17-19H,2,15-16,20-21H2,1H3/b4-3+. The molecule has 4 aromatic rings. The van der Waals surface area contributed by atoms with E-state index in [1.165, 1.54) is 12.1 Å². The highest BCUT2D eigenvalue weighted by molar-refractivity contribution is 5.93. The number of nitrogens with zero attached hydrogens (tertiary/aromatic N) is 3. The molecule has 2 aliphatic heterocycles. The van der Waals surface area contributed by atoms with Gasteiger partial charge in [-0.1, -0.05) is 30.4 Å². The molecular weight excluding hydrogens is 559 g/mol. The maximum Gasteiger partial charge on any atom is 0.416 e. The topological polar surface area (TPSA) is 64.1 Å². The summed E-state index contributed by atoms with van der Waals surface area (Å²) >= 11 is 0. The predicted octanol–water partition coefficient (Wildman–Crippen LogP) is 7.93. The van der Waals surface area contributed by atoms with Crippen molar-refractivity contribution in [3.8, 4) is 23.1 Å². The van der Waals surface area contributed by atoms with Crippen LogP contribution in [0.25, 0.3) is 12.2 Å². The number of hydrogen-bond acceptors (Lipinski definition) is 5. The molecule has 0 N–H and O–H groups in total. The fraction of sp³-hybridized carbons (Fsp3) is 0.212. The van der Waals surface area contributed by atoms with Crippen molar-refractivity contribution in [2.45, 2.75) is 26.1 Å². The van der Waals surface area contributed by atoms with Crippen LogP contribution in [0.3, 0.4) is 0 Å². The number of pyridine rings is 1. The lowest BCUT2D eigenvalue weighted by Crippen LogP contribution is -2.49. The van der Waals surface area contributed by atoms with Gasteiger partial charge in [0.2, 0.25) is 12.7 Å². The summed E-state index contributed by atoms with van der Waals surface area (Å²) in [6.45, 7) is 3.90. The lowest BCUT2D eigenvalue weighted by molar-refractivity contribution is -0.137. The van der Waals surface area contributed by atoms with Gasteiger partial charge in [-0.25, -0.2) is 9.78 Å². The van der Waals surface area contributed by atoms with Crippen molar-refractivity contribution >= 4 is 23.9 Å². The van der Waals surface area contributed by atoms with E-state index in [1.807, 2.05) is 54.3 Å². The normalized spacial score (nSPS) is 14.9.